The summed E-state index contributed by atoms with van der Waals surface area (Å²) < 4.78 is 34.7. The Hall–Kier alpha value is -0.170. The van der Waals surface area contributed by atoms with E-state index in [0.717, 1.165) is 38.5 Å². The van der Waals surface area contributed by atoms with E-state index in [2.05, 4.69) is 13.8 Å². The minimum absolute atomic E-state index is 0.0499. The highest BCUT2D eigenvalue weighted by Gasteiger charge is 2.39. The summed E-state index contributed by atoms with van der Waals surface area (Å²) in [6.45, 7) is 4.62. The Bertz CT molecular complexity index is 407. The topological polar surface area (TPSA) is 78.6 Å². The van der Waals surface area contributed by atoms with Crippen LogP contribution in [0.25, 0.3) is 0 Å². The SMILES string of the molecule is CC1CC(OCC2(CS(N)(=O)=O)CCCC2)CC(C)O1. The number of hydrogen-bond acceptors (Lipinski definition) is 4. The first kappa shape index (κ1) is 16.2. The highest BCUT2D eigenvalue weighted by molar-refractivity contribution is 7.89. The number of nitrogens with two attached hydrogens (primary N) is 1. The minimum atomic E-state index is -3.45. The first-order chi connectivity index (χ1) is 9.28. The third-order valence-corrected chi connectivity index (χ3v) is 5.47. The van der Waals surface area contributed by atoms with E-state index >= 15 is 0 Å². The van der Waals surface area contributed by atoms with Gasteiger partial charge in [0.25, 0.3) is 0 Å². The smallest absolute Gasteiger partial charge is 0.209 e. The van der Waals surface area contributed by atoms with Gasteiger partial charge in [0.2, 0.25) is 10.0 Å². The highest BCUT2D eigenvalue weighted by Crippen LogP contribution is 2.40. The lowest BCUT2D eigenvalue weighted by Crippen LogP contribution is -2.39. The predicted octanol–water partition coefficient (Wildman–Crippen LogP) is 1.81. The third-order valence-electron chi connectivity index (χ3n) is 4.45. The molecule has 0 radical (unpaired) electrons. The van der Waals surface area contributed by atoms with Gasteiger partial charge in [-0.3, -0.25) is 0 Å². The fourth-order valence-corrected chi connectivity index (χ4v) is 4.88. The summed E-state index contributed by atoms with van der Waals surface area (Å²) >= 11 is 0. The van der Waals surface area contributed by atoms with Crippen LogP contribution in [0.15, 0.2) is 0 Å². The van der Waals surface area contributed by atoms with Crippen molar-refractivity contribution in [3.05, 3.63) is 0 Å². The molecule has 1 aliphatic heterocycles. The Morgan fingerprint density at radius 1 is 1.20 bits per heavy atom. The summed E-state index contributed by atoms with van der Waals surface area (Å²) in [4.78, 5) is 0. The van der Waals surface area contributed by atoms with E-state index in [1.807, 2.05) is 0 Å². The van der Waals surface area contributed by atoms with Crippen LogP contribution in [0.5, 0.6) is 0 Å². The van der Waals surface area contributed by atoms with Crippen LogP contribution in [-0.2, 0) is 19.5 Å². The van der Waals surface area contributed by atoms with Gasteiger partial charge in [0.1, 0.15) is 0 Å². The molecule has 118 valence electrons. The first-order valence-corrected chi connectivity index (χ1v) is 9.27. The average molecular weight is 305 g/mol. The summed E-state index contributed by atoms with van der Waals surface area (Å²) in [5.74, 6) is 0.0499. The van der Waals surface area contributed by atoms with Crippen LogP contribution in [0.3, 0.4) is 0 Å². The molecule has 6 heteroatoms. The van der Waals surface area contributed by atoms with Crippen LogP contribution < -0.4 is 5.14 Å². The Morgan fingerprint density at radius 3 is 2.25 bits per heavy atom. The Balaban J connectivity index is 1.92. The zero-order valence-corrected chi connectivity index (χ0v) is 13.3. The third kappa shape index (κ3) is 4.69. The van der Waals surface area contributed by atoms with E-state index in [1.165, 1.54) is 0 Å². The number of hydrogen-bond donors (Lipinski definition) is 1. The second-order valence-electron chi connectivity index (χ2n) is 6.68. The summed E-state index contributed by atoms with van der Waals surface area (Å²) in [6.07, 6.45) is 6.30. The van der Waals surface area contributed by atoms with Crippen molar-refractivity contribution in [2.75, 3.05) is 12.4 Å². The molecule has 2 unspecified atom stereocenters. The lowest BCUT2D eigenvalue weighted by atomic mass is 9.89. The average Bonchev–Trinajstić information content (AvgIpc) is 2.72. The largest absolute Gasteiger partial charge is 0.377 e. The van der Waals surface area contributed by atoms with Crippen molar-refractivity contribution in [2.24, 2.45) is 10.6 Å². The lowest BCUT2D eigenvalue weighted by Gasteiger charge is -2.35. The molecule has 1 heterocycles. The van der Waals surface area contributed by atoms with Gasteiger partial charge in [0.05, 0.1) is 30.7 Å². The normalized spacial score (nSPS) is 34.2. The second-order valence-corrected chi connectivity index (χ2v) is 8.29. The van der Waals surface area contributed by atoms with Crippen molar-refractivity contribution in [3.63, 3.8) is 0 Å². The highest BCUT2D eigenvalue weighted by atomic mass is 32.2. The molecule has 1 saturated heterocycles. The molecule has 20 heavy (non-hydrogen) atoms. The molecule has 2 N–H and O–H groups in total. The molecular weight excluding hydrogens is 278 g/mol. The molecule has 2 atom stereocenters. The maximum Gasteiger partial charge on any atom is 0.209 e. The molecule has 2 aliphatic rings. The van der Waals surface area contributed by atoms with Gasteiger partial charge >= 0.3 is 0 Å². The van der Waals surface area contributed by atoms with Crippen molar-refractivity contribution in [1.29, 1.82) is 0 Å². The predicted molar refractivity (Wildman–Crippen MR) is 77.9 cm³/mol. The summed E-state index contributed by atoms with van der Waals surface area (Å²) in [6, 6.07) is 0. The van der Waals surface area contributed by atoms with Crippen molar-refractivity contribution in [3.8, 4) is 0 Å². The molecule has 0 spiro atoms. The van der Waals surface area contributed by atoms with Gasteiger partial charge in [-0.15, -0.1) is 0 Å². The van der Waals surface area contributed by atoms with Gasteiger partial charge in [-0.25, -0.2) is 13.6 Å². The Kier molecular flexibility index (Phi) is 5.10. The monoisotopic (exact) mass is 305 g/mol. The van der Waals surface area contributed by atoms with Gasteiger partial charge in [-0.1, -0.05) is 12.8 Å². The Labute approximate surface area is 122 Å². The van der Waals surface area contributed by atoms with E-state index in [0.29, 0.717) is 6.61 Å². The molecule has 0 aromatic rings. The van der Waals surface area contributed by atoms with E-state index in [9.17, 15) is 8.42 Å². The molecule has 0 aromatic carbocycles. The van der Waals surface area contributed by atoms with Crippen LogP contribution in [0.1, 0.15) is 52.4 Å². The number of rotatable bonds is 5. The summed E-state index contributed by atoms with van der Waals surface area (Å²) in [7, 11) is -3.45. The lowest BCUT2D eigenvalue weighted by molar-refractivity contribution is -0.113. The van der Waals surface area contributed by atoms with E-state index in [1.54, 1.807) is 0 Å². The summed E-state index contributed by atoms with van der Waals surface area (Å²) in [5.41, 5.74) is -0.266. The fourth-order valence-electron chi connectivity index (χ4n) is 3.66. The van der Waals surface area contributed by atoms with Gasteiger partial charge in [0.15, 0.2) is 0 Å². The van der Waals surface area contributed by atoms with Gasteiger partial charge in [-0.05, 0) is 39.5 Å². The van der Waals surface area contributed by atoms with E-state index in [4.69, 9.17) is 14.6 Å². The molecule has 0 bridgehead atoms. The number of sulfonamides is 1. The molecule has 0 amide bonds. The molecule has 5 nitrogen and oxygen atoms in total. The number of primary sulfonamides is 1. The molecule has 0 aromatic heterocycles. The zero-order valence-electron chi connectivity index (χ0n) is 12.5. The van der Waals surface area contributed by atoms with Crippen molar-refractivity contribution >= 4 is 10.0 Å². The van der Waals surface area contributed by atoms with Gasteiger partial charge in [-0.2, -0.15) is 0 Å². The fraction of sp³-hybridized carbons (Fsp3) is 1.00. The van der Waals surface area contributed by atoms with Crippen LogP contribution in [0, 0.1) is 5.41 Å². The standard InChI is InChI=1S/C14H27NO4S/c1-11-7-13(8-12(2)19-11)18-9-14(5-3-4-6-14)10-20(15,16)17/h11-13H,3-10H2,1-2H3,(H2,15,16,17). The van der Waals surface area contributed by atoms with Crippen LogP contribution >= 0.6 is 0 Å². The maximum absolute atomic E-state index is 11.4. The Morgan fingerprint density at radius 2 is 1.75 bits per heavy atom. The van der Waals surface area contributed by atoms with Crippen LogP contribution in [0.2, 0.25) is 0 Å². The molecule has 1 saturated carbocycles. The molecule has 2 rings (SSSR count). The van der Waals surface area contributed by atoms with Crippen LogP contribution in [-0.4, -0.2) is 39.1 Å². The first-order valence-electron chi connectivity index (χ1n) is 7.56. The molecule has 2 fully saturated rings. The number of ether oxygens (including phenoxy) is 2. The van der Waals surface area contributed by atoms with Crippen molar-refractivity contribution in [2.45, 2.75) is 70.7 Å². The van der Waals surface area contributed by atoms with Crippen molar-refractivity contribution in [1.82, 2.24) is 0 Å². The van der Waals surface area contributed by atoms with Gasteiger partial charge in [0, 0.05) is 5.41 Å². The maximum atomic E-state index is 11.4. The second kappa shape index (κ2) is 6.30. The quantitative estimate of drug-likeness (QED) is 0.840. The zero-order chi connectivity index (χ0) is 14.8. The van der Waals surface area contributed by atoms with Crippen molar-refractivity contribution < 1.29 is 17.9 Å². The minimum Gasteiger partial charge on any atom is -0.377 e. The van der Waals surface area contributed by atoms with Gasteiger partial charge < -0.3 is 9.47 Å². The molecule has 1 aliphatic carbocycles. The van der Waals surface area contributed by atoms with E-state index < -0.39 is 10.0 Å². The van der Waals surface area contributed by atoms with Crippen LogP contribution in [0.4, 0.5) is 0 Å². The molecular formula is C14H27NO4S. The summed E-state index contributed by atoms with van der Waals surface area (Å²) in [5, 5.41) is 5.25. The van der Waals surface area contributed by atoms with E-state index in [-0.39, 0.29) is 29.5 Å².